The molecule has 4 nitrogen and oxygen atoms in total. The summed E-state index contributed by atoms with van der Waals surface area (Å²) in [4.78, 5) is 16.9. The normalized spacial score (nSPS) is 19.6. The molecule has 3 aromatic rings. The number of benzene rings is 1. The van der Waals surface area contributed by atoms with Gasteiger partial charge in [0.1, 0.15) is 0 Å². The maximum absolute atomic E-state index is 13.0. The highest BCUT2D eigenvalue weighted by atomic mass is 79.9. The standard InChI is InChI=1S/C31H31BrF3N3O/c32-28-20-37-38-27(13-8-22-3-2-16-36-19-22)18-24(12-14-29(28)38)23-10-6-21(7-11-23)9-15-30(39)25-4-1-5-26(17-25)31(33,34)35/h1-5,12,16-21,23H,6-11,13-15H2. The van der Waals surface area contributed by atoms with E-state index in [1.165, 1.54) is 29.0 Å². The molecule has 1 saturated carbocycles. The van der Waals surface area contributed by atoms with Gasteiger partial charge in [-0.25, -0.2) is 4.68 Å². The minimum atomic E-state index is -4.44. The van der Waals surface area contributed by atoms with Crippen molar-refractivity contribution < 1.29 is 18.0 Å². The second-order valence-electron chi connectivity index (χ2n) is 10.5. The molecule has 0 N–H and O–H groups in total. The molecule has 0 bridgehead atoms. The van der Waals surface area contributed by atoms with Crippen LogP contribution < -0.4 is 0 Å². The number of Topliss-reactive ketones (excluding diaryl/α,β-unsaturated/α-hetero) is 1. The number of aryl methyl sites for hydroxylation is 1. The third kappa shape index (κ3) is 6.78. The Balaban J connectivity index is 1.20. The monoisotopic (exact) mass is 597 g/mol. The van der Waals surface area contributed by atoms with Crippen LogP contribution >= 0.6 is 15.9 Å². The average molecular weight is 599 g/mol. The maximum Gasteiger partial charge on any atom is 0.416 e. The summed E-state index contributed by atoms with van der Waals surface area (Å²) in [5, 5.41) is 4.64. The number of allylic oxidation sites excluding steroid dienone is 4. The SMILES string of the molecule is O=C(CCC1CCC(C2=CCc3c(Br)cnn3C(CCc3cccnc3)=C2)CC1)c1cccc(C(F)(F)F)c1. The molecule has 5 rings (SSSR count). The number of halogens is 4. The lowest BCUT2D eigenvalue weighted by Gasteiger charge is -2.29. The van der Waals surface area contributed by atoms with Gasteiger partial charge >= 0.3 is 6.18 Å². The third-order valence-electron chi connectivity index (χ3n) is 7.96. The Morgan fingerprint density at radius 1 is 1.05 bits per heavy atom. The fourth-order valence-electron chi connectivity index (χ4n) is 5.73. The van der Waals surface area contributed by atoms with Gasteiger partial charge in [0.2, 0.25) is 0 Å². The first kappa shape index (κ1) is 27.6. The number of nitrogens with zero attached hydrogens (tertiary/aromatic N) is 3. The van der Waals surface area contributed by atoms with Crippen LogP contribution in [-0.2, 0) is 19.0 Å². The van der Waals surface area contributed by atoms with E-state index in [1.54, 1.807) is 6.20 Å². The van der Waals surface area contributed by atoms with Crippen molar-refractivity contribution in [2.45, 2.75) is 64.0 Å². The number of hydrogen-bond donors (Lipinski definition) is 0. The molecule has 39 heavy (non-hydrogen) atoms. The molecule has 2 aliphatic rings. The van der Waals surface area contributed by atoms with Crippen LogP contribution in [0.4, 0.5) is 13.2 Å². The molecule has 0 spiro atoms. The molecule has 3 heterocycles. The van der Waals surface area contributed by atoms with Crippen molar-refractivity contribution in [1.82, 2.24) is 14.8 Å². The van der Waals surface area contributed by atoms with Crippen LogP contribution in [0.2, 0.25) is 0 Å². The number of ketones is 1. The molecule has 1 aliphatic heterocycles. The summed E-state index contributed by atoms with van der Waals surface area (Å²) in [6.07, 6.45) is 13.4. The summed E-state index contributed by atoms with van der Waals surface area (Å²) < 4.78 is 42.1. The number of hydrogen-bond acceptors (Lipinski definition) is 3. The Hall–Kier alpha value is -3.00. The predicted octanol–water partition coefficient (Wildman–Crippen LogP) is 8.49. The fraction of sp³-hybridized carbons (Fsp3) is 0.387. The van der Waals surface area contributed by atoms with Crippen LogP contribution in [0.1, 0.15) is 72.1 Å². The highest BCUT2D eigenvalue weighted by Crippen LogP contribution is 2.39. The minimum Gasteiger partial charge on any atom is -0.294 e. The number of carbonyl (C=O) groups excluding carboxylic acids is 1. The number of aromatic nitrogens is 3. The molecular formula is C31H31BrF3N3O. The van der Waals surface area contributed by atoms with Crippen molar-refractivity contribution in [2.75, 3.05) is 0 Å². The quantitative estimate of drug-likeness (QED) is 0.245. The highest BCUT2D eigenvalue weighted by molar-refractivity contribution is 9.10. The first-order valence-electron chi connectivity index (χ1n) is 13.5. The van der Waals surface area contributed by atoms with Gasteiger partial charge in [-0.05, 0) is 108 Å². The van der Waals surface area contributed by atoms with E-state index in [1.807, 2.05) is 18.5 Å². The molecule has 2 aromatic heterocycles. The molecule has 1 fully saturated rings. The van der Waals surface area contributed by atoms with Gasteiger partial charge in [-0.3, -0.25) is 9.78 Å². The molecular weight excluding hydrogens is 567 g/mol. The number of carbonyl (C=O) groups is 1. The van der Waals surface area contributed by atoms with E-state index < -0.39 is 11.7 Å². The summed E-state index contributed by atoms with van der Waals surface area (Å²) >= 11 is 3.66. The van der Waals surface area contributed by atoms with Crippen molar-refractivity contribution >= 4 is 27.4 Å². The minimum absolute atomic E-state index is 0.148. The van der Waals surface area contributed by atoms with Crippen molar-refractivity contribution in [3.05, 3.63) is 99.6 Å². The molecule has 0 unspecified atom stereocenters. The zero-order valence-electron chi connectivity index (χ0n) is 21.6. The van der Waals surface area contributed by atoms with E-state index in [0.29, 0.717) is 11.8 Å². The summed E-state index contributed by atoms with van der Waals surface area (Å²) in [5.74, 6) is 0.661. The lowest BCUT2D eigenvalue weighted by molar-refractivity contribution is -0.137. The summed E-state index contributed by atoms with van der Waals surface area (Å²) in [6.45, 7) is 0. The maximum atomic E-state index is 13.0. The van der Waals surface area contributed by atoms with E-state index >= 15 is 0 Å². The molecule has 8 heteroatoms. The van der Waals surface area contributed by atoms with E-state index in [2.05, 4.69) is 48.9 Å². The van der Waals surface area contributed by atoms with Crippen LogP contribution in [0.5, 0.6) is 0 Å². The van der Waals surface area contributed by atoms with E-state index in [4.69, 9.17) is 0 Å². The van der Waals surface area contributed by atoms with E-state index in [9.17, 15) is 18.0 Å². The van der Waals surface area contributed by atoms with Crippen LogP contribution in [0.3, 0.4) is 0 Å². The molecule has 1 aromatic carbocycles. The molecule has 0 amide bonds. The van der Waals surface area contributed by atoms with Crippen molar-refractivity contribution in [1.29, 1.82) is 0 Å². The second kappa shape index (κ2) is 12.0. The molecule has 1 aliphatic carbocycles. The van der Waals surface area contributed by atoms with Crippen LogP contribution in [0.15, 0.2) is 77.2 Å². The zero-order valence-corrected chi connectivity index (χ0v) is 23.2. The lowest BCUT2D eigenvalue weighted by Crippen LogP contribution is -2.17. The van der Waals surface area contributed by atoms with Gasteiger partial charge in [-0.15, -0.1) is 0 Å². The highest BCUT2D eigenvalue weighted by Gasteiger charge is 2.31. The Morgan fingerprint density at radius 3 is 2.62 bits per heavy atom. The Labute approximate surface area is 235 Å². The van der Waals surface area contributed by atoms with Crippen molar-refractivity contribution in [2.24, 2.45) is 11.8 Å². The van der Waals surface area contributed by atoms with Gasteiger partial charge in [-0.2, -0.15) is 18.3 Å². The first-order chi connectivity index (χ1) is 18.8. The number of alkyl halides is 3. The van der Waals surface area contributed by atoms with Gasteiger partial charge in [-0.1, -0.05) is 24.3 Å². The van der Waals surface area contributed by atoms with Gasteiger partial charge < -0.3 is 0 Å². The Morgan fingerprint density at radius 2 is 1.87 bits per heavy atom. The van der Waals surface area contributed by atoms with E-state index in [-0.39, 0.29) is 17.8 Å². The largest absolute Gasteiger partial charge is 0.416 e. The first-order valence-corrected chi connectivity index (χ1v) is 14.3. The topological polar surface area (TPSA) is 47.8 Å². The van der Waals surface area contributed by atoms with Gasteiger partial charge in [0.25, 0.3) is 0 Å². The van der Waals surface area contributed by atoms with Crippen LogP contribution in [0.25, 0.3) is 5.70 Å². The predicted molar refractivity (Wildman–Crippen MR) is 149 cm³/mol. The number of pyridine rings is 1. The van der Waals surface area contributed by atoms with Gasteiger partial charge in [0.05, 0.1) is 21.9 Å². The number of rotatable bonds is 8. The second-order valence-corrected chi connectivity index (χ2v) is 11.4. The summed E-state index contributed by atoms with van der Waals surface area (Å²) in [7, 11) is 0. The van der Waals surface area contributed by atoms with Crippen LogP contribution in [0, 0.1) is 11.8 Å². The van der Waals surface area contributed by atoms with Gasteiger partial charge in [0.15, 0.2) is 5.78 Å². The molecule has 0 saturated heterocycles. The van der Waals surface area contributed by atoms with Crippen LogP contribution in [-0.4, -0.2) is 20.5 Å². The molecule has 0 atom stereocenters. The summed E-state index contributed by atoms with van der Waals surface area (Å²) in [6, 6.07) is 8.83. The average Bonchev–Trinajstić information content (AvgIpc) is 3.20. The fourth-order valence-corrected chi connectivity index (χ4v) is 6.15. The number of fused-ring (bicyclic) bond motifs is 1. The molecule has 204 valence electrons. The Kier molecular flexibility index (Phi) is 8.50. The third-order valence-corrected chi connectivity index (χ3v) is 8.62. The van der Waals surface area contributed by atoms with Gasteiger partial charge in [0, 0.05) is 36.5 Å². The lowest BCUT2D eigenvalue weighted by atomic mass is 9.76. The van der Waals surface area contributed by atoms with Crippen molar-refractivity contribution in [3.8, 4) is 0 Å². The Bertz CT molecular complexity index is 1370. The van der Waals surface area contributed by atoms with E-state index in [0.717, 1.165) is 73.7 Å². The van der Waals surface area contributed by atoms with Crippen molar-refractivity contribution in [3.63, 3.8) is 0 Å². The smallest absolute Gasteiger partial charge is 0.294 e. The zero-order chi connectivity index (χ0) is 27.4. The molecule has 0 radical (unpaired) electrons. The summed E-state index contributed by atoms with van der Waals surface area (Å²) in [5.41, 5.74) is 4.26.